The lowest BCUT2D eigenvalue weighted by atomic mass is 10.1. The van der Waals surface area contributed by atoms with Crippen molar-refractivity contribution in [2.24, 2.45) is 5.11 Å². The number of anilines is 1. The second-order valence-electron chi connectivity index (χ2n) is 8.65. The minimum absolute atomic E-state index is 0.351. The highest BCUT2D eigenvalue weighted by Crippen LogP contribution is 2.13. The standard InChI is InChI=1S/C23H38N6O3/c1-5-18-29(22(31)32-23(2,3)4)27-21(30)19-12-14-20(15-13-19)25-16-10-8-6-7-9-11-17-26-28-24/h12-15,25H,5-11,16-18H2,1-4H3,(H,27,30). The van der Waals surface area contributed by atoms with Gasteiger partial charge in [-0.2, -0.15) is 0 Å². The van der Waals surface area contributed by atoms with Crippen LogP contribution < -0.4 is 10.7 Å². The molecule has 0 aliphatic rings. The Hall–Kier alpha value is -2.93. The normalized spacial score (nSPS) is 10.8. The van der Waals surface area contributed by atoms with Gasteiger partial charge in [0, 0.05) is 35.8 Å². The summed E-state index contributed by atoms with van der Waals surface area (Å²) >= 11 is 0. The molecule has 9 nitrogen and oxygen atoms in total. The van der Waals surface area contributed by atoms with Gasteiger partial charge in [-0.05, 0) is 69.8 Å². The van der Waals surface area contributed by atoms with E-state index in [1.165, 1.54) is 11.4 Å². The Morgan fingerprint density at radius 3 is 2.28 bits per heavy atom. The van der Waals surface area contributed by atoms with Crippen LogP contribution in [0.4, 0.5) is 10.5 Å². The molecule has 0 unspecified atom stereocenters. The van der Waals surface area contributed by atoms with Gasteiger partial charge in [0.1, 0.15) is 5.60 Å². The summed E-state index contributed by atoms with van der Waals surface area (Å²) in [7, 11) is 0. The molecule has 2 N–H and O–H groups in total. The summed E-state index contributed by atoms with van der Waals surface area (Å²) in [5.41, 5.74) is 11.7. The Labute approximate surface area is 191 Å². The highest BCUT2D eigenvalue weighted by molar-refractivity contribution is 5.95. The lowest BCUT2D eigenvalue weighted by molar-refractivity contribution is 0.0133. The first-order valence-electron chi connectivity index (χ1n) is 11.4. The maximum Gasteiger partial charge on any atom is 0.429 e. The molecule has 0 aromatic heterocycles. The van der Waals surface area contributed by atoms with E-state index in [2.05, 4.69) is 20.8 Å². The van der Waals surface area contributed by atoms with Crippen LogP contribution in [-0.4, -0.2) is 42.2 Å². The van der Waals surface area contributed by atoms with Crippen LogP contribution >= 0.6 is 0 Å². The largest absolute Gasteiger partial charge is 0.442 e. The fourth-order valence-corrected chi connectivity index (χ4v) is 2.95. The van der Waals surface area contributed by atoms with Gasteiger partial charge in [-0.15, -0.1) is 0 Å². The molecular weight excluding hydrogens is 408 g/mol. The molecule has 0 atom stereocenters. The fourth-order valence-electron chi connectivity index (χ4n) is 2.95. The number of carbonyl (C=O) groups excluding carboxylic acids is 2. The molecule has 2 amide bonds. The second kappa shape index (κ2) is 15.0. The van der Waals surface area contributed by atoms with Gasteiger partial charge in [-0.1, -0.05) is 37.7 Å². The van der Waals surface area contributed by atoms with Gasteiger partial charge >= 0.3 is 6.09 Å². The number of amides is 2. The number of nitrogens with one attached hydrogen (secondary N) is 2. The second-order valence-corrected chi connectivity index (χ2v) is 8.65. The number of hydrogen-bond acceptors (Lipinski definition) is 5. The quantitative estimate of drug-likeness (QED) is 0.126. The maximum absolute atomic E-state index is 12.6. The minimum Gasteiger partial charge on any atom is -0.442 e. The average Bonchev–Trinajstić information content (AvgIpc) is 2.74. The number of benzene rings is 1. The van der Waals surface area contributed by atoms with Crippen LogP contribution in [0.1, 0.15) is 83.0 Å². The Bertz CT molecular complexity index is 739. The number of ether oxygens (including phenoxy) is 1. The summed E-state index contributed by atoms with van der Waals surface area (Å²) in [6, 6.07) is 7.20. The minimum atomic E-state index is -0.631. The van der Waals surface area contributed by atoms with Gasteiger partial charge < -0.3 is 10.1 Å². The van der Waals surface area contributed by atoms with Gasteiger partial charge in [0.2, 0.25) is 0 Å². The van der Waals surface area contributed by atoms with Crippen molar-refractivity contribution in [3.05, 3.63) is 40.3 Å². The summed E-state index contributed by atoms with van der Waals surface area (Å²) in [5.74, 6) is -0.351. The van der Waals surface area contributed by atoms with E-state index in [0.29, 0.717) is 25.1 Å². The van der Waals surface area contributed by atoms with Crippen LogP contribution in [0.3, 0.4) is 0 Å². The molecule has 1 aromatic rings. The van der Waals surface area contributed by atoms with Crippen LogP contribution in [0.5, 0.6) is 0 Å². The summed E-state index contributed by atoms with van der Waals surface area (Å²) < 4.78 is 5.35. The first kappa shape index (κ1) is 27.1. The summed E-state index contributed by atoms with van der Waals surface area (Å²) in [5, 5.41) is 8.12. The first-order valence-corrected chi connectivity index (χ1v) is 11.4. The predicted octanol–water partition coefficient (Wildman–Crippen LogP) is 6.04. The highest BCUT2D eigenvalue weighted by atomic mass is 16.6. The van der Waals surface area contributed by atoms with Crippen molar-refractivity contribution < 1.29 is 14.3 Å². The number of rotatable bonds is 13. The van der Waals surface area contributed by atoms with Crippen LogP contribution in [0, 0.1) is 0 Å². The third kappa shape index (κ3) is 12.1. The number of nitrogens with zero attached hydrogens (tertiary/aromatic N) is 4. The summed E-state index contributed by atoms with van der Waals surface area (Å²) in [6.07, 6.45) is 6.72. The van der Waals surface area contributed by atoms with Crippen LogP contribution in [0.2, 0.25) is 0 Å². The smallest absolute Gasteiger partial charge is 0.429 e. The molecule has 0 heterocycles. The van der Waals surface area contributed by atoms with Crippen molar-refractivity contribution in [1.29, 1.82) is 0 Å². The average molecular weight is 447 g/mol. The van der Waals surface area contributed by atoms with Crippen molar-refractivity contribution in [2.45, 2.75) is 78.2 Å². The molecule has 0 saturated heterocycles. The van der Waals surface area contributed by atoms with E-state index in [0.717, 1.165) is 44.3 Å². The van der Waals surface area contributed by atoms with Gasteiger partial charge in [0.05, 0.1) is 0 Å². The molecule has 0 fully saturated rings. The van der Waals surface area contributed by atoms with E-state index >= 15 is 0 Å². The Morgan fingerprint density at radius 2 is 1.69 bits per heavy atom. The van der Waals surface area contributed by atoms with E-state index < -0.39 is 11.7 Å². The molecule has 0 saturated carbocycles. The SMILES string of the molecule is CCCN(NC(=O)c1ccc(NCCCCCCCCN=[N+]=[N-])cc1)C(=O)OC(C)(C)C. The van der Waals surface area contributed by atoms with Crippen molar-refractivity contribution in [3.63, 3.8) is 0 Å². The third-order valence-corrected chi connectivity index (χ3v) is 4.52. The topological polar surface area (TPSA) is 119 Å². The van der Waals surface area contributed by atoms with E-state index in [1.807, 2.05) is 19.1 Å². The van der Waals surface area contributed by atoms with Crippen molar-refractivity contribution in [2.75, 3.05) is 25.0 Å². The number of hydrogen-bond donors (Lipinski definition) is 2. The fraction of sp³-hybridized carbons (Fsp3) is 0.652. The molecule has 1 aromatic carbocycles. The van der Waals surface area contributed by atoms with Crippen LogP contribution in [0.15, 0.2) is 29.4 Å². The van der Waals surface area contributed by atoms with Gasteiger partial charge in [-0.25, -0.2) is 9.80 Å². The third-order valence-electron chi connectivity index (χ3n) is 4.52. The zero-order valence-electron chi connectivity index (χ0n) is 19.9. The molecule has 178 valence electrons. The van der Waals surface area contributed by atoms with Gasteiger partial charge in [0.25, 0.3) is 5.91 Å². The van der Waals surface area contributed by atoms with Crippen molar-refractivity contribution >= 4 is 17.7 Å². The Morgan fingerprint density at radius 1 is 1.06 bits per heavy atom. The molecule has 0 aliphatic carbocycles. The zero-order chi connectivity index (χ0) is 23.8. The molecule has 0 spiro atoms. The Kier molecular flexibility index (Phi) is 12.7. The van der Waals surface area contributed by atoms with Gasteiger partial charge in [-0.3, -0.25) is 10.2 Å². The summed E-state index contributed by atoms with van der Waals surface area (Å²) in [4.78, 5) is 27.6. The van der Waals surface area contributed by atoms with Crippen LogP contribution in [-0.2, 0) is 4.74 Å². The van der Waals surface area contributed by atoms with E-state index in [4.69, 9.17) is 10.3 Å². The molecule has 0 radical (unpaired) electrons. The van der Waals surface area contributed by atoms with Crippen molar-refractivity contribution in [1.82, 2.24) is 10.4 Å². The maximum atomic E-state index is 12.6. The van der Waals surface area contributed by atoms with E-state index in [-0.39, 0.29) is 5.91 Å². The number of hydrazine groups is 1. The number of azide groups is 1. The number of unbranched alkanes of at least 4 members (excludes halogenated alkanes) is 5. The van der Waals surface area contributed by atoms with E-state index in [1.54, 1.807) is 32.9 Å². The zero-order valence-corrected chi connectivity index (χ0v) is 19.9. The van der Waals surface area contributed by atoms with Crippen molar-refractivity contribution in [3.8, 4) is 0 Å². The molecule has 1 rings (SSSR count). The monoisotopic (exact) mass is 446 g/mol. The summed E-state index contributed by atoms with van der Waals surface area (Å²) in [6.45, 7) is 9.12. The molecule has 0 aliphatic heterocycles. The predicted molar refractivity (Wildman–Crippen MR) is 127 cm³/mol. The first-order chi connectivity index (χ1) is 15.3. The lowest BCUT2D eigenvalue weighted by Crippen LogP contribution is -2.48. The highest BCUT2D eigenvalue weighted by Gasteiger charge is 2.23. The van der Waals surface area contributed by atoms with E-state index in [9.17, 15) is 9.59 Å². The Balaban J connectivity index is 2.37. The molecule has 32 heavy (non-hydrogen) atoms. The number of carbonyl (C=O) groups is 2. The van der Waals surface area contributed by atoms with Gasteiger partial charge in [0.15, 0.2) is 0 Å². The molecule has 0 bridgehead atoms. The van der Waals surface area contributed by atoms with Crippen LogP contribution in [0.25, 0.3) is 10.4 Å². The molecular formula is C23H38N6O3. The molecule has 9 heteroatoms. The lowest BCUT2D eigenvalue weighted by Gasteiger charge is -2.27.